The van der Waals surface area contributed by atoms with Gasteiger partial charge in [-0.05, 0) is 45.1 Å². The lowest BCUT2D eigenvalue weighted by atomic mass is 9.75. The van der Waals surface area contributed by atoms with Crippen LogP contribution in [0.5, 0.6) is 0 Å². The molecule has 4 rings (SSSR count). The van der Waals surface area contributed by atoms with E-state index < -0.39 is 5.97 Å². The van der Waals surface area contributed by atoms with E-state index in [9.17, 15) is 9.59 Å². The predicted molar refractivity (Wildman–Crippen MR) is 101 cm³/mol. The first-order valence-corrected chi connectivity index (χ1v) is 9.98. The number of likely N-dealkylation sites (tertiary alicyclic amines) is 1. The third-order valence-electron chi connectivity index (χ3n) is 6.02. The summed E-state index contributed by atoms with van der Waals surface area (Å²) in [6, 6.07) is 0. The van der Waals surface area contributed by atoms with Crippen LogP contribution < -0.4 is 5.56 Å². The highest BCUT2D eigenvalue weighted by Gasteiger charge is 2.31. The van der Waals surface area contributed by atoms with Gasteiger partial charge in [0, 0.05) is 6.54 Å². The summed E-state index contributed by atoms with van der Waals surface area (Å²) < 4.78 is 10.7. The normalized spacial score (nSPS) is 23.3. The van der Waals surface area contributed by atoms with Crippen molar-refractivity contribution in [3.8, 4) is 0 Å². The van der Waals surface area contributed by atoms with Crippen molar-refractivity contribution in [1.82, 2.24) is 14.9 Å². The number of hydrogen-bond donors (Lipinski definition) is 1. The summed E-state index contributed by atoms with van der Waals surface area (Å²) in [6.07, 6.45) is 6.60. The maximum absolute atomic E-state index is 12.6. The zero-order chi connectivity index (χ0) is 19.0. The van der Waals surface area contributed by atoms with Crippen LogP contribution in [0.15, 0.2) is 9.21 Å². The number of hydrogen-bond acceptors (Lipinski definition) is 6. The summed E-state index contributed by atoms with van der Waals surface area (Å²) in [4.78, 5) is 34.5. The zero-order valence-corrected chi connectivity index (χ0v) is 16.0. The minimum Gasteiger partial charge on any atom is -0.462 e. The molecule has 3 heterocycles. The van der Waals surface area contributed by atoms with Gasteiger partial charge in [-0.15, -0.1) is 0 Å². The third-order valence-corrected chi connectivity index (χ3v) is 6.02. The number of aryl methyl sites for hydroxylation is 1. The maximum atomic E-state index is 12.6. The standard InChI is InChI=1S/C20H27N3O4/c1-3-26-20(25)16-12(2)27-19-17(16)18(24)21-15(22-19)11-23-9-8-13-6-4-5-7-14(13)10-23/h13-14H,3-11H2,1-2H3,(H,21,22,24). The van der Waals surface area contributed by atoms with Gasteiger partial charge in [-0.2, -0.15) is 4.98 Å². The van der Waals surface area contributed by atoms with Crippen LogP contribution in [0.1, 0.15) is 61.0 Å². The van der Waals surface area contributed by atoms with Gasteiger partial charge in [0.05, 0.1) is 13.2 Å². The summed E-state index contributed by atoms with van der Waals surface area (Å²) in [5, 5.41) is 0.181. The van der Waals surface area contributed by atoms with Gasteiger partial charge in [-0.3, -0.25) is 9.69 Å². The fourth-order valence-electron chi connectivity index (χ4n) is 4.72. The van der Waals surface area contributed by atoms with Crippen molar-refractivity contribution < 1.29 is 13.9 Å². The molecule has 1 aliphatic carbocycles. The second kappa shape index (κ2) is 7.46. The highest BCUT2D eigenvalue weighted by molar-refractivity contribution is 6.03. The molecule has 146 valence electrons. The van der Waals surface area contributed by atoms with Crippen molar-refractivity contribution in [3.05, 3.63) is 27.5 Å². The summed E-state index contributed by atoms with van der Waals surface area (Å²) in [5.41, 5.74) is 0.0412. The molecule has 0 radical (unpaired) electrons. The molecule has 2 aliphatic rings. The number of carbonyl (C=O) groups is 1. The van der Waals surface area contributed by atoms with Crippen LogP contribution in [0.25, 0.3) is 11.1 Å². The van der Waals surface area contributed by atoms with Crippen LogP contribution in [0.2, 0.25) is 0 Å². The molecule has 1 saturated carbocycles. The first kappa shape index (κ1) is 18.2. The molecule has 1 N–H and O–H groups in total. The first-order chi connectivity index (χ1) is 13.1. The Morgan fingerprint density at radius 3 is 2.85 bits per heavy atom. The summed E-state index contributed by atoms with van der Waals surface area (Å²) in [5.74, 6) is 2.04. The lowest BCUT2D eigenvalue weighted by molar-refractivity contribution is 0.0526. The molecule has 0 spiro atoms. The van der Waals surface area contributed by atoms with Crippen LogP contribution in [0, 0.1) is 18.8 Å². The number of carbonyl (C=O) groups excluding carboxylic acids is 1. The van der Waals surface area contributed by atoms with E-state index in [1.165, 1.54) is 32.1 Å². The zero-order valence-electron chi connectivity index (χ0n) is 16.0. The number of rotatable bonds is 4. The molecule has 2 fully saturated rings. The van der Waals surface area contributed by atoms with E-state index in [1.54, 1.807) is 13.8 Å². The van der Waals surface area contributed by atoms with Crippen molar-refractivity contribution in [3.63, 3.8) is 0 Å². The number of aromatic amines is 1. The van der Waals surface area contributed by atoms with E-state index in [-0.39, 0.29) is 28.8 Å². The molecule has 0 aromatic carbocycles. The van der Waals surface area contributed by atoms with E-state index in [4.69, 9.17) is 9.15 Å². The summed E-state index contributed by atoms with van der Waals surface area (Å²) >= 11 is 0. The topological polar surface area (TPSA) is 88.4 Å². The van der Waals surface area contributed by atoms with E-state index >= 15 is 0 Å². The number of nitrogens with zero attached hydrogens (tertiary/aromatic N) is 2. The largest absolute Gasteiger partial charge is 0.462 e. The molecule has 0 amide bonds. The fraction of sp³-hybridized carbons (Fsp3) is 0.650. The third kappa shape index (κ3) is 3.52. The Morgan fingerprint density at radius 1 is 1.30 bits per heavy atom. The number of H-pyrrole nitrogens is 1. The van der Waals surface area contributed by atoms with Crippen LogP contribution in [-0.4, -0.2) is 40.5 Å². The van der Waals surface area contributed by atoms with Gasteiger partial charge >= 0.3 is 5.97 Å². The molecule has 2 atom stereocenters. The molecule has 2 aromatic heterocycles. The minimum absolute atomic E-state index is 0.176. The smallest absolute Gasteiger partial charge is 0.342 e. The lowest BCUT2D eigenvalue weighted by Gasteiger charge is -2.41. The molecule has 2 aromatic rings. The highest BCUT2D eigenvalue weighted by Crippen LogP contribution is 2.36. The number of fused-ring (bicyclic) bond motifs is 2. The number of nitrogens with one attached hydrogen (secondary N) is 1. The molecule has 7 heteroatoms. The van der Waals surface area contributed by atoms with Gasteiger partial charge in [0.25, 0.3) is 5.56 Å². The number of esters is 1. The molecule has 27 heavy (non-hydrogen) atoms. The molecule has 1 saturated heterocycles. The van der Waals surface area contributed by atoms with Gasteiger partial charge < -0.3 is 14.1 Å². The van der Waals surface area contributed by atoms with Gasteiger partial charge in [0.2, 0.25) is 5.71 Å². The van der Waals surface area contributed by atoms with Gasteiger partial charge in [0.15, 0.2) is 0 Å². The van der Waals surface area contributed by atoms with Crippen molar-refractivity contribution in [1.29, 1.82) is 0 Å². The number of ether oxygens (including phenoxy) is 1. The van der Waals surface area contributed by atoms with Crippen LogP contribution in [0.4, 0.5) is 0 Å². The number of furan rings is 1. The number of piperidine rings is 1. The molecule has 2 unspecified atom stereocenters. The van der Waals surface area contributed by atoms with Crippen molar-refractivity contribution in [2.24, 2.45) is 11.8 Å². The van der Waals surface area contributed by atoms with Gasteiger partial charge in [-0.1, -0.05) is 19.3 Å². The van der Waals surface area contributed by atoms with Crippen molar-refractivity contribution in [2.45, 2.75) is 52.5 Å². The molecular formula is C20H27N3O4. The van der Waals surface area contributed by atoms with Gasteiger partial charge in [-0.25, -0.2) is 4.79 Å². The van der Waals surface area contributed by atoms with Crippen molar-refractivity contribution >= 4 is 17.1 Å². The number of aromatic nitrogens is 2. The first-order valence-electron chi connectivity index (χ1n) is 9.98. The van der Waals surface area contributed by atoms with Crippen molar-refractivity contribution in [2.75, 3.05) is 19.7 Å². The molecular weight excluding hydrogens is 346 g/mol. The van der Waals surface area contributed by atoms with E-state index in [1.807, 2.05) is 0 Å². The van der Waals surface area contributed by atoms with E-state index in [2.05, 4.69) is 14.9 Å². The second-order valence-electron chi connectivity index (χ2n) is 7.77. The quantitative estimate of drug-likeness (QED) is 0.829. The molecule has 7 nitrogen and oxygen atoms in total. The SMILES string of the molecule is CCOC(=O)c1c(C)oc2nc(CN3CCC4CCCCC4C3)[nH]c(=O)c12. The Kier molecular flexibility index (Phi) is 5.04. The average molecular weight is 373 g/mol. The van der Waals surface area contributed by atoms with Gasteiger partial charge in [0.1, 0.15) is 22.5 Å². The second-order valence-corrected chi connectivity index (χ2v) is 7.77. The Balaban J connectivity index is 1.57. The lowest BCUT2D eigenvalue weighted by Crippen LogP contribution is -2.41. The summed E-state index contributed by atoms with van der Waals surface area (Å²) in [7, 11) is 0. The predicted octanol–water partition coefficient (Wildman–Crippen LogP) is 3.01. The fourth-order valence-corrected chi connectivity index (χ4v) is 4.72. The Hall–Kier alpha value is -2.15. The van der Waals surface area contributed by atoms with Crippen LogP contribution in [0.3, 0.4) is 0 Å². The molecule has 0 bridgehead atoms. The Bertz CT molecular complexity index is 900. The summed E-state index contributed by atoms with van der Waals surface area (Å²) in [6.45, 7) is 6.33. The van der Waals surface area contributed by atoms with E-state index in [0.717, 1.165) is 24.9 Å². The van der Waals surface area contributed by atoms with Crippen LogP contribution >= 0.6 is 0 Å². The minimum atomic E-state index is -0.548. The maximum Gasteiger partial charge on any atom is 0.342 e. The monoisotopic (exact) mass is 373 g/mol. The Labute approximate surface area is 158 Å². The van der Waals surface area contributed by atoms with E-state index in [0.29, 0.717) is 18.1 Å². The highest BCUT2D eigenvalue weighted by atomic mass is 16.5. The Morgan fingerprint density at radius 2 is 2.07 bits per heavy atom. The van der Waals surface area contributed by atoms with Crippen LogP contribution in [-0.2, 0) is 11.3 Å². The molecule has 1 aliphatic heterocycles. The average Bonchev–Trinajstić information content (AvgIpc) is 2.98.